The Morgan fingerprint density at radius 3 is 1.45 bits per heavy atom. The van der Waals surface area contributed by atoms with Crippen LogP contribution in [-0.2, 0) is 68.2 Å². The summed E-state index contributed by atoms with van der Waals surface area (Å²) in [6.07, 6.45) is -14.4. The number of benzene rings is 7. The fourth-order valence-electron chi connectivity index (χ4n) is 9.88. The lowest BCUT2D eigenvalue weighted by Gasteiger charge is -2.48. The molecule has 10 atom stereocenters. The Morgan fingerprint density at radius 2 is 0.913 bits per heavy atom. The molecule has 0 radical (unpaired) electrons. The van der Waals surface area contributed by atoms with Crippen molar-refractivity contribution in [3.63, 3.8) is 0 Å². The van der Waals surface area contributed by atoms with Crippen molar-refractivity contribution >= 4 is 53.8 Å². The van der Waals surface area contributed by atoms with Gasteiger partial charge in [-0.25, -0.2) is 28.8 Å². The second-order valence-corrected chi connectivity index (χ2v) is 20.7. The van der Waals surface area contributed by atoms with E-state index in [0.29, 0.717) is 11.1 Å². The average molecular weight is 1260 g/mol. The zero-order valence-electron chi connectivity index (χ0n) is 50.4. The molecule has 0 unspecified atom stereocenters. The van der Waals surface area contributed by atoms with Crippen molar-refractivity contribution in [2.75, 3.05) is 27.4 Å². The molecule has 0 N–H and O–H groups in total. The van der Waals surface area contributed by atoms with Crippen molar-refractivity contribution < 1.29 is 105 Å². The molecule has 0 spiro atoms. The van der Waals surface area contributed by atoms with Crippen molar-refractivity contribution in [1.29, 1.82) is 0 Å². The summed E-state index contributed by atoms with van der Waals surface area (Å²) in [5, 5.41) is 0. The molecule has 7 aromatic carbocycles. The third kappa shape index (κ3) is 17.5. The van der Waals surface area contributed by atoms with E-state index in [1.807, 2.05) is 0 Å². The smallest absolute Gasteiger partial charge is 0.343 e. The van der Waals surface area contributed by atoms with Gasteiger partial charge in [-0.05, 0) is 115 Å². The van der Waals surface area contributed by atoms with Crippen molar-refractivity contribution in [1.82, 2.24) is 0 Å². The van der Waals surface area contributed by atoms with Gasteiger partial charge >= 0.3 is 47.8 Å². The molecule has 0 aromatic heterocycles. The first-order chi connectivity index (χ1) is 44.5. The number of esters is 8. The predicted octanol–water partition coefficient (Wildman–Crippen LogP) is 9.35. The Balaban J connectivity index is 1.11. The minimum Gasteiger partial charge on any atom is -0.493 e. The molecule has 22 nitrogen and oxygen atoms in total. The van der Waals surface area contributed by atoms with Crippen LogP contribution in [0.25, 0.3) is 6.08 Å². The third-order valence-electron chi connectivity index (χ3n) is 14.3. The van der Waals surface area contributed by atoms with Crippen molar-refractivity contribution in [3.05, 3.63) is 233 Å². The number of carbonyl (C=O) groups excluding carboxylic acids is 8. The maximum Gasteiger partial charge on any atom is 0.343 e. The number of methoxy groups -OCH3 is 2. The van der Waals surface area contributed by atoms with Gasteiger partial charge in [0.2, 0.25) is 0 Å². The molecule has 92 heavy (non-hydrogen) atoms. The highest BCUT2D eigenvalue weighted by atomic mass is 16.8. The summed E-state index contributed by atoms with van der Waals surface area (Å²) in [5.74, 6) is -6.35. The third-order valence-corrected chi connectivity index (χ3v) is 14.3. The summed E-state index contributed by atoms with van der Waals surface area (Å²) in [4.78, 5) is 109. The van der Waals surface area contributed by atoms with E-state index in [1.165, 1.54) is 81.8 Å². The van der Waals surface area contributed by atoms with E-state index in [1.54, 1.807) is 133 Å². The molecule has 9 rings (SSSR count). The number of hydrogen-bond donors (Lipinski definition) is 0. The van der Waals surface area contributed by atoms with E-state index in [0.717, 1.165) is 19.9 Å². The van der Waals surface area contributed by atoms with Crippen LogP contribution < -0.4 is 18.9 Å². The zero-order valence-corrected chi connectivity index (χ0v) is 50.4. The standard InChI is InChI=1S/C70H64O22/c1-42-58(90-67(77)50-27-17-9-18-28-50)60(84-43(2)71)63(85-44(3)72)70(83-42)92-61-59(89-57(73)36-33-45-32-35-53(54(39-45)80-5)86-65(75)48-23-13-7-14-24-48)56(41-82-64(74)47-21-11-6-12-22-47)88-69(62(61)91-68(78)51-29-19-10-20-30-51)81-38-37-46-31-34-52(79-4)55(40-46)87-66(76)49-25-15-8-16-26-49/h6-36,39-40,42,56,58-63,69-70H,37-38,41H2,1-5H3/b36-33+/t42-,56+,58-,59+,60+,61-,62+,63+,69+,70-/m0/s1. The molecule has 0 aliphatic carbocycles. The zero-order chi connectivity index (χ0) is 65.1. The minimum absolute atomic E-state index is 0.0332. The first-order valence-electron chi connectivity index (χ1n) is 29.0. The Labute approximate surface area is 528 Å². The molecular weight excluding hydrogens is 1190 g/mol. The van der Waals surface area contributed by atoms with E-state index >= 15 is 0 Å². The molecule has 2 aliphatic rings. The van der Waals surface area contributed by atoms with Gasteiger partial charge in [-0.1, -0.05) is 103 Å². The average Bonchev–Trinajstić information content (AvgIpc) is 0.778. The van der Waals surface area contributed by atoms with Crippen LogP contribution in [-0.4, -0.2) is 137 Å². The minimum atomic E-state index is -1.88. The van der Waals surface area contributed by atoms with Gasteiger partial charge in [0.05, 0.1) is 54.7 Å². The number of hydrogen-bond acceptors (Lipinski definition) is 22. The fraction of sp³-hybridized carbons (Fsp3) is 0.257. The lowest BCUT2D eigenvalue weighted by Crippen LogP contribution is -2.66. The molecule has 2 aliphatic heterocycles. The summed E-state index contributed by atoms with van der Waals surface area (Å²) in [6.45, 7) is 2.66. The molecule has 476 valence electrons. The number of rotatable bonds is 24. The maximum atomic E-state index is 14.6. The van der Waals surface area contributed by atoms with E-state index in [9.17, 15) is 38.4 Å². The Morgan fingerprint density at radius 1 is 0.435 bits per heavy atom. The van der Waals surface area contributed by atoms with Crippen LogP contribution in [0.15, 0.2) is 194 Å². The van der Waals surface area contributed by atoms with E-state index in [4.69, 9.17) is 66.3 Å². The highest BCUT2D eigenvalue weighted by Crippen LogP contribution is 2.37. The van der Waals surface area contributed by atoms with Gasteiger partial charge in [-0.3, -0.25) is 9.59 Å². The SMILES string of the molecule is COc1cc(/C=C/C(=O)O[C@H]2[C@H](O[C@@H]3O[C@@H](C)[C@H](OC(=O)c4ccccc4)[C@@H](OC(C)=O)[C@H]3OC(C)=O)[C@@H](OC(=O)c3ccccc3)[C@H](OCCc3ccc(OC)c(OC(=O)c4ccccc4)c3)O[C@@H]2COC(=O)c2ccccc2)ccc1OC(=O)c1ccccc1. The van der Waals surface area contributed by atoms with Crippen molar-refractivity contribution in [3.8, 4) is 23.0 Å². The van der Waals surface area contributed by atoms with Gasteiger partial charge in [-0.2, -0.15) is 0 Å². The van der Waals surface area contributed by atoms with Gasteiger partial charge in [0, 0.05) is 19.9 Å². The molecule has 7 aromatic rings. The summed E-state index contributed by atoms with van der Waals surface area (Å²) in [5.41, 5.74) is 1.77. The number of carbonyl (C=O) groups is 8. The Kier molecular flexibility index (Phi) is 22.8. The van der Waals surface area contributed by atoms with Gasteiger partial charge < -0.3 is 66.3 Å². The molecule has 2 heterocycles. The molecular formula is C70H64O22. The molecule has 0 saturated carbocycles. The largest absolute Gasteiger partial charge is 0.493 e. The summed E-state index contributed by atoms with van der Waals surface area (Å²) >= 11 is 0. The normalized spacial score (nSPS) is 20.9. The van der Waals surface area contributed by atoms with Crippen molar-refractivity contribution in [2.24, 2.45) is 0 Å². The van der Waals surface area contributed by atoms with Crippen LogP contribution in [0.1, 0.15) is 83.7 Å². The maximum absolute atomic E-state index is 14.6. The topological polar surface area (TPSA) is 266 Å². The lowest BCUT2D eigenvalue weighted by molar-refractivity contribution is -0.356. The van der Waals surface area contributed by atoms with Crippen LogP contribution >= 0.6 is 0 Å². The molecule has 2 fully saturated rings. The Hall–Kier alpha value is -10.5. The predicted molar refractivity (Wildman–Crippen MR) is 324 cm³/mol. The van der Waals surface area contributed by atoms with Crippen molar-refractivity contribution in [2.45, 2.75) is 88.6 Å². The first kappa shape index (κ1) is 65.9. The van der Waals surface area contributed by atoms with Crippen LogP contribution in [0.3, 0.4) is 0 Å². The van der Waals surface area contributed by atoms with Gasteiger partial charge in [0.25, 0.3) is 0 Å². The molecule has 2 saturated heterocycles. The Bertz CT molecular complexity index is 3710. The summed E-state index contributed by atoms with van der Waals surface area (Å²) in [6, 6.07) is 49.6. The highest BCUT2D eigenvalue weighted by molar-refractivity contribution is 5.93. The van der Waals surface area contributed by atoms with Gasteiger partial charge in [0.15, 0.2) is 66.1 Å². The molecule has 0 amide bonds. The van der Waals surface area contributed by atoms with Crippen LogP contribution in [0.5, 0.6) is 23.0 Å². The fourth-order valence-corrected chi connectivity index (χ4v) is 9.88. The molecule has 0 bridgehead atoms. The van der Waals surface area contributed by atoms with E-state index in [-0.39, 0.29) is 63.8 Å². The summed E-state index contributed by atoms with van der Waals surface area (Å²) < 4.78 is 85.2. The second-order valence-electron chi connectivity index (χ2n) is 20.7. The lowest BCUT2D eigenvalue weighted by atomic mass is 9.96. The van der Waals surface area contributed by atoms with Gasteiger partial charge in [-0.15, -0.1) is 0 Å². The van der Waals surface area contributed by atoms with Crippen LogP contribution in [0.4, 0.5) is 0 Å². The first-order valence-corrected chi connectivity index (χ1v) is 29.0. The van der Waals surface area contributed by atoms with E-state index in [2.05, 4.69) is 0 Å². The second kappa shape index (κ2) is 31.8. The van der Waals surface area contributed by atoms with E-state index < -0.39 is 116 Å². The highest BCUT2D eigenvalue weighted by Gasteiger charge is 2.57. The van der Waals surface area contributed by atoms with Crippen LogP contribution in [0.2, 0.25) is 0 Å². The quantitative estimate of drug-likeness (QED) is 0.0236. The number of ether oxygens (including phenoxy) is 14. The molecule has 22 heteroatoms. The van der Waals surface area contributed by atoms with Gasteiger partial charge in [0.1, 0.15) is 18.8 Å². The van der Waals surface area contributed by atoms with Crippen LogP contribution in [0, 0.1) is 0 Å². The summed E-state index contributed by atoms with van der Waals surface area (Å²) in [7, 11) is 2.77. The monoisotopic (exact) mass is 1260 g/mol.